The highest BCUT2D eigenvalue weighted by Gasteiger charge is 2.26. The molecule has 0 radical (unpaired) electrons. The smallest absolute Gasteiger partial charge is 0.253 e. The van der Waals surface area contributed by atoms with Crippen molar-refractivity contribution in [2.75, 3.05) is 90.2 Å². The molecule has 0 saturated carbocycles. The fourth-order valence-corrected chi connectivity index (χ4v) is 8.42. The molecule has 5 aromatic rings. The number of fused-ring (bicyclic) bond motifs is 2. The van der Waals surface area contributed by atoms with Gasteiger partial charge in [0, 0.05) is 128 Å². The topological polar surface area (TPSA) is 126 Å². The lowest BCUT2D eigenvalue weighted by atomic mass is 9.98. The van der Waals surface area contributed by atoms with Crippen molar-refractivity contribution in [3.05, 3.63) is 124 Å². The van der Waals surface area contributed by atoms with Crippen LogP contribution in [0.15, 0.2) is 91.3 Å². The molecule has 3 aromatic carbocycles. The number of carbonyl (C=O) groups excluding carboxylic acids is 2. The molecule has 2 fully saturated rings. The van der Waals surface area contributed by atoms with E-state index >= 15 is 0 Å². The van der Waals surface area contributed by atoms with Crippen LogP contribution in [-0.4, -0.2) is 126 Å². The van der Waals surface area contributed by atoms with Crippen LogP contribution >= 0.6 is 23.2 Å². The summed E-state index contributed by atoms with van der Waals surface area (Å²) in [6.07, 6.45) is 4.49. The molecule has 2 atom stereocenters. The molecule has 9 rings (SSSR count). The van der Waals surface area contributed by atoms with Crippen LogP contribution in [0.2, 0.25) is 10.0 Å². The van der Waals surface area contributed by atoms with Crippen molar-refractivity contribution in [1.82, 2.24) is 29.6 Å². The lowest BCUT2D eigenvalue weighted by Gasteiger charge is -2.32. The van der Waals surface area contributed by atoms with Gasteiger partial charge >= 0.3 is 0 Å². The van der Waals surface area contributed by atoms with E-state index in [4.69, 9.17) is 27.9 Å². The monoisotopic (exact) mass is 848 g/mol. The average molecular weight is 850 g/mol. The summed E-state index contributed by atoms with van der Waals surface area (Å²) in [5.41, 5.74) is 7.16. The van der Waals surface area contributed by atoms with Gasteiger partial charge in [0.2, 0.25) is 0 Å². The Kier molecular flexibility index (Phi) is 12.8. The van der Waals surface area contributed by atoms with Crippen molar-refractivity contribution in [3.8, 4) is 28.0 Å². The first-order valence-electron chi connectivity index (χ1n) is 20.5. The van der Waals surface area contributed by atoms with Crippen molar-refractivity contribution >= 4 is 46.7 Å². The van der Waals surface area contributed by atoms with E-state index < -0.39 is 6.10 Å². The summed E-state index contributed by atoms with van der Waals surface area (Å²) in [5, 5.41) is 17.8. The Labute approximate surface area is 361 Å². The standard InChI is InChI=1S/C26H26Cl2N4O2.C20H24N4O2/c1-31-8-10-32(11-9-31)26(33)18-4-2-17(3-5-18)19-12-23-24(6-7-29-25(23)30-16-19)34-22-14-20(27)13-21(28)15-22;1-23-8-10-24(11-9-23)20(26)15-4-2-14(3-5-15)16-12-17-18(25)6-7-21-19(17)22-13-16/h2-5,12-16,24H,6-11H2,1H3,(H,29,30);2-5,12-13,18,25H,6-11H2,1H3,(H,21,22). The van der Waals surface area contributed by atoms with Gasteiger partial charge < -0.3 is 40.1 Å². The normalized spacial score (nSPS) is 19.1. The van der Waals surface area contributed by atoms with Gasteiger partial charge in [0.1, 0.15) is 23.5 Å². The summed E-state index contributed by atoms with van der Waals surface area (Å²) in [4.78, 5) is 42.9. The molecule has 6 heterocycles. The molecular formula is C46H50Cl2N8O4. The Morgan fingerprint density at radius 3 is 1.57 bits per heavy atom. The molecule has 60 heavy (non-hydrogen) atoms. The Morgan fingerprint density at radius 2 is 1.07 bits per heavy atom. The van der Waals surface area contributed by atoms with Gasteiger partial charge in [0.25, 0.3) is 11.8 Å². The number of nitrogens with zero attached hydrogens (tertiary/aromatic N) is 6. The number of rotatable bonds is 6. The molecule has 3 N–H and O–H groups in total. The number of hydrogen-bond donors (Lipinski definition) is 3. The summed E-state index contributed by atoms with van der Waals surface area (Å²) in [5.74, 6) is 2.38. The minimum Gasteiger partial charge on any atom is -0.485 e. The number of likely N-dealkylation sites (N-methyl/N-ethyl adjacent to an activating group) is 2. The summed E-state index contributed by atoms with van der Waals surface area (Å²) >= 11 is 12.3. The summed E-state index contributed by atoms with van der Waals surface area (Å²) in [6.45, 7) is 8.23. The molecule has 4 aliphatic rings. The third kappa shape index (κ3) is 9.69. The maximum atomic E-state index is 12.9. The molecule has 0 bridgehead atoms. The average Bonchev–Trinajstić information content (AvgIpc) is 3.26. The highest BCUT2D eigenvalue weighted by Crippen LogP contribution is 2.37. The van der Waals surface area contributed by atoms with Crippen LogP contribution in [0, 0.1) is 0 Å². The zero-order chi connectivity index (χ0) is 41.8. The predicted molar refractivity (Wildman–Crippen MR) is 237 cm³/mol. The Bertz CT molecular complexity index is 2290. The van der Waals surface area contributed by atoms with Gasteiger partial charge in [-0.25, -0.2) is 9.97 Å². The van der Waals surface area contributed by atoms with E-state index in [-0.39, 0.29) is 17.9 Å². The van der Waals surface area contributed by atoms with E-state index in [1.165, 1.54) is 0 Å². The number of pyridine rings is 2. The van der Waals surface area contributed by atoms with E-state index in [0.717, 1.165) is 117 Å². The van der Waals surface area contributed by atoms with Crippen molar-refractivity contribution < 1.29 is 19.4 Å². The minimum atomic E-state index is -0.475. The zero-order valence-electron chi connectivity index (χ0n) is 33.9. The number of ether oxygens (including phenoxy) is 1. The molecule has 2 saturated heterocycles. The second-order valence-corrected chi connectivity index (χ2v) is 16.7. The first-order chi connectivity index (χ1) is 29.1. The maximum absolute atomic E-state index is 12.9. The number of benzene rings is 3. The van der Waals surface area contributed by atoms with Crippen LogP contribution in [0.25, 0.3) is 22.3 Å². The zero-order valence-corrected chi connectivity index (χ0v) is 35.4. The number of aromatic nitrogens is 2. The maximum Gasteiger partial charge on any atom is 0.253 e. The molecule has 2 aromatic heterocycles. The summed E-state index contributed by atoms with van der Waals surface area (Å²) < 4.78 is 6.26. The first kappa shape index (κ1) is 41.5. The second-order valence-electron chi connectivity index (χ2n) is 15.8. The fraction of sp³-hybridized carbons (Fsp3) is 0.348. The van der Waals surface area contributed by atoms with Crippen LogP contribution in [0.4, 0.5) is 11.6 Å². The van der Waals surface area contributed by atoms with Crippen LogP contribution < -0.4 is 15.4 Å². The van der Waals surface area contributed by atoms with Gasteiger partial charge in [-0.1, -0.05) is 47.5 Å². The second kappa shape index (κ2) is 18.6. The number of nitrogens with one attached hydrogen (secondary N) is 2. The van der Waals surface area contributed by atoms with Crippen molar-refractivity contribution in [1.29, 1.82) is 0 Å². The Balaban J connectivity index is 0.000000172. The van der Waals surface area contributed by atoms with E-state index in [0.29, 0.717) is 33.3 Å². The number of hydrogen-bond acceptors (Lipinski definition) is 10. The van der Waals surface area contributed by atoms with E-state index in [2.05, 4.69) is 50.6 Å². The molecule has 12 nitrogen and oxygen atoms in total. The van der Waals surface area contributed by atoms with Crippen LogP contribution in [0.3, 0.4) is 0 Å². The Morgan fingerprint density at radius 1 is 0.617 bits per heavy atom. The lowest BCUT2D eigenvalue weighted by molar-refractivity contribution is 0.0657. The molecule has 2 unspecified atom stereocenters. The number of aliphatic hydroxyl groups is 1. The van der Waals surface area contributed by atoms with Gasteiger partial charge in [-0.3, -0.25) is 9.59 Å². The summed E-state index contributed by atoms with van der Waals surface area (Å²) in [7, 11) is 4.16. The van der Waals surface area contributed by atoms with Crippen molar-refractivity contribution in [3.63, 3.8) is 0 Å². The molecular weight excluding hydrogens is 799 g/mol. The van der Waals surface area contributed by atoms with Gasteiger partial charge in [-0.05, 0) is 86.2 Å². The molecule has 312 valence electrons. The number of carbonyl (C=O) groups is 2. The minimum absolute atomic E-state index is 0.0843. The number of anilines is 2. The van der Waals surface area contributed by atoms with Gasteiger partial charge in [0.15, 0.2) is 0 Å². The number of halogens is 2. The molecule has 4 aliphatic heterocycles. The van der Waals surface area contributed by atoms with Crippen molar-refractivity contribution in [2.45, 2.75) is 25.0 Å². The van der Waals surface area contributed by atoms with Crippen LogP contribution in [0.5, 0.6) is 5.75 Å². The first-order valence-corrected chi connectivity index (χ1v) is 21.3. The SMILES string of the molecule is CN1CCN(C(=O)c2ccc(-c3cnc4c(c3)C(O)CCN4)cc2)CC1.CN1CCN(C(=O)c2ccc(-c3cnc4c(c3)C(Oc3cc(Cl)cc(Cl)c3)CCN4)cc2)CC1. The molecule has 2 amide bonds. The van der Waals surface area contributed by atoms with Crippen LogP contribution in [-0.2, 0) is 0 Å². The van der Waals surface area contributed by atoms with Crippen LogP contribution in [0.1, 0.15) is 56.9 Å². The van der Waals surface area contributed by atoms with E-state index in [1.54, 1.807) is 24.4 Å². The van der Waals surface area contributed by atoms with Gasteiger partial charge in [0.05, 0.1) is 6.10 Å². The number of amides is 2. The predicted octanol–water partition coefficient (Wildman–Crippen LogP) is 7.36. The molecule has 0 aliphatic carbocycles. The number of piperazine rings is 2. The van der Waals surface area contributed by atoms with Gasteiger partial charge in [-0.2, -0.15) is 0 Å². The van der Waals surface area contributed by atoms with E-state index in [9.17, 15) is 14.7 Å². The third-order valence-electron chi connectivity index (χ3n) is 11.6. The lowest BCUT2D eigenvalue weighted by Crippen LogP contribution is -2.47. The van der Waals surface area contributed by atoms with Gasteiger partial charge in [-0.15, -0.1) is 0 Å². The van der Waals surface area contributed by atoms with E-state index in [1.807, 2.05) is 70.6 Å². The number of aliphatic hydroxyl groups excluding tert-OH is 1. The molecule has 0 spiro atoms. The third-order valence-corrected chi connectivity index (χ3v) is 12.0. The highest BCUT2D eigenvalue weighted by molar-refractivity contribution is 6.34. The summed E-state index contributed by atoms with van der Waals surface area (Å²) in [6, 6.07) is 24.7. The molecule has 14 heteroatoms. The highest BCUT2D eigenvalue weighted by atomic mass is 35.5. The fourth-order valence-electron chi connectivity index (χ4n) is 7.91. The van der Waals surface area contributed by atoms with Crippen molar-refractivity contribution in [2.24, 2.45) is 0 Å². The Hall–Kier alpha value is -5.24. The quantitative estimate of drug-likeness (QED) is 0.160. The largest absolute Gasteiger partial charge is 0.485 e.